The Bertz CT molecular complexity index is 1060. The van der Waals surface area contributed by atoms with E-state index >= 15 is 0 Å². The van der Waals surface area contributed by atoms with Crippen LogP contribution in [0.2, 0.25) is 0 Å². The van der Waals surface area contributed by atoms with Crippen molar-refractivity contribution >= 4 is 17.4 Å². The Morgan fingerprint density at radius 3 is 2.36 bits per heavy atom. The number of hydrogen-bond donors (Lipinski definition) is 1. The molecule has 1 N–H and O–H groups in total. The standard InChI is InChI=1S/C25H30N2O6/c1-26(2)12-7-13-27-22(16-8-6-9-18(14-16)31-3)21(24(29)25(27)30)23(28)17-10-11-19(32-4)20(15-17)33-5/h6,8-11,14-15,22,28H,7,12-13H2,1-5H3/b23-21+/t22-/m0/s1. The molecule has 33 heavy (non-hydrogen) atoms. The minimum atomic E-state index is -0.740. The molecule has 1 aliphatic rings. The molecule has 1 atom stereocenters. The summed E-state index contributed by atoms with van der Waals surface area (Å²) in [6.07, 6.45) is 0.677. The topological polar surface area (TPSA) is 88.5 Å². The second-order valence-electron chi connectivity index (χ2n) is 8.00. The lowest BCUT2D eigenvalue weighted by Crippen LogP contribution is -2.32. The minimum Gasteiger partial charge on any atom is -0.507 e. The van der Waals surface area contributed by atoms with Crippen LogP contribution >= 0.6 is 0 Å². The fourth-order valence-corrected chi connectivity index (χ4v) is 3.97. The Morgan fingerprint density at radius 2 is 1.73 bits per heavy atom. The van der Waals surface area contributed by atoms with Gasteiger partial charge in [-0.05, 0) is 63.0 Å². The summed E-state index contributed by atoms with van der Waals surface area (Å²) in [7, 11) is 8.45. The summed E-state index contributed by atoms with van der Waals surface area (Å²) in [5, 5.41) is 11.2. The van der Waals surface area contributed by atoms with Crippen molar-refractivity contribution in [1.82, 2.24) is 9.80 Å². The first-order chi connectivity index (χ1) is 15.8. The van der Waals surface area contributed by atoms with E-state index in [9.17, 15) is 14.7 Å². The number of hydrogen-bond acceptors (Lipinski definition) is 7. The highest BCUT2D eigenvalue weighted by atomic mass is 16.5. The van der Waals surface area contributed by atoms with Crippen LogP contribution in [0.25, 0.3) is 5.76 Å². The SMILES string of the molecule is COc1cccc([C@H]2/C(=C(\O)c3ccc(OC)c(OC)c3)C(=O)C(=O)N2CCCN(C)C)c1. The van der Waals surface area contributed by atoms with Crippen LogP contribution in [0.3, 0.4) is 0 Å². The molecule has 1 heterocycles. The van der Waals surface area contributed by atoms with Crippen LogP contribution in [0.15, 0.2) is 48.0 Å². The molecule has 2 aromatic rings. The number of rotatable bonds is 9. The Balaban J connectivity index is 2.14. The summed E-state index contributed by atoms with van der Waals surface area (Å²) in [4.78, 5) is 29.7. The van der Waals surface area contributed by atoms with Gasteiger partial charge in [0.05, 0.1) is 32.9 Å². The van der Waals surface area contributed by atoms with E-state index in [1.165, 1.54) is 19.1 Å². The molecule has 8 nitrogen and oxygen atoms in total. The first kappa shape index (κ1) is 24.1. The van der Waals surface area contributed by atoms with Gasteiger partial charge < -0.3 is 29.1 Å². The van der Waals surface area contributed by atoms with Gasteiger partial charge in [-0.2, -0.15) is 0 Å². The lowest BCUT2D eigenvalue weighted by Gasteiger charge is -2.26. The lowest BCUT2D eigenvalue weighted by atomic mass is 9.95. The van der Waals surface area contributed by atoms with Gasteiger partial charge in [-0.15, -0.1) is 0 Å². The number of ether oxygens (including phenoxy) is 3. The zero-order chi connectivity index (χ0) is 24.1. The molecule has 1 aliphatic heterocycles. The van der Waals surface area contributed by atoms with E-state index in [-0.39, 0.29) is 11.3 Å². The third-order valence-corrected chi connectivity index (χ3v) is 5.61. The molecular weight excluding hydrogens is 424 g/mol. The van der Waals surface area contributed by atoms with E-state index in [1.54, 1.807) is 43.5 Å². The number of aliphatic hydroxyl groups is 1. The van der Waals surface area contributed by atoms with Crippen molar-refractivity contribution < 1.29 is 28.9 Å². The van der Waals surface area contributed by atoms with Crippen molar-refractivity contribution in [3.8, 4) is 17.2 Å². The molecule has 1 amide bonds. The summed E-state index contributed by atoms with van der Waals surface area (Å²) in [6.45, 7) is 1.12. The number of likely N-dealkylation sites (tertiary alicyclic amines) is 1. The normalized spacial score (nSPS) is 17.5. The Labute approximate surface area is 194 Å². The van der Waals surface area contributed by atoms with E-state index in [2.05, 4.69) is 0 Å². The first-order valence-electron chi connectivity index (χ1n) is 10.6. The molecule has 1 fully saturated rings. The number of carbonyl (C=O) groups is 2. The predicted octanol–water partition coefficient (Wildman–Crippen LogP) is 3.09. The maximum Gasteiger partial charge on any atom is 0.295 e. The summed E-state index contributed by atoms with van der Waals surface area (Å²) < 4.78 is 15.9. The van der Waals surface area contributed by atoms with Crippen LogP contribution < -0.4 is 14.2 Å². The third kappa shape index (κ3) is 4.96. The van der Waals surface area contributed by atoms with Crippen LogP contribution in [-0.2, 0) is 9.59 Å². The Kier molecular flexibility index (Phi) is 7.60. The second-order valence-corrected chi connectivity index (χ2v) is 8.00. The van der Waals surface area contributed by atoms with E-state index in [1.807, 2.05) is 25.1 Å². The molecule has 1 saturated heterocycles. The number of carbonyl (C=O) groups excluding carboxylic acids is 2. The largest absolute Gasteiger partial charge is 0.507 e. The quantitative estimate of drug-likeness (QED) is 0.354. The average molecular weight is 455 g/mol. The molecule has 8 heteroatoms. The average Bonchev–Trinajstić information content (AvgIpc) is 3.07. The zero-order valence-corrected chi connectivity index (χ0v) is 19.6. The molecule has 3 rings (SSSR count). The fraction of sp³-hybridized carbons (Fsp3) is 0.360. The van der Waals surface area contributed by atoms with Gasteiger partial charge >= 0.3 is 0 Å². The number of benzene rings is 2. The van der Waals surface area contributed by atoms with Gasteiger partial charge in [0.15, 0.2) is 11.5 Å². The molecule has 0 radical (unpaired) electrons. The molecule has 0 saturated carbocycles. The number of Topliss-reactive ketones (excluding diaryl/α,β-unsaturated/α-hetero) is 1. The first-order valence-corrected chi connectivity index (χ1v) is 10.6. The number of methoxy groups -OCH3 is 3. The van der Waals surface area contributed by atoms with Crippen molar-refractivity contribution in [3.63, 3.8) is 0 Å². The molecule has 2 aromatic carbocycles. The lowest BCUT2D eigenvalue weighted by molar-refractivity contribution is -0.139. The zero-order valence-electron chi connectivity index (χ0n) is 19.6. The van der Waals surface area contributed by atoms with Gasteiger partial charge in [0, 0.05) is 12.1 Å². The van der Waals surface area contributed by atoms with Gasteiger partial charge in [-0.1, -0.05) is 12.1 Å². The second kappa shape index (κ2) is 10.4. The summed E-state index contributed by atoms with van der Waals surface area (Å²) in [5.41, 5.74) is 1.07. The maximum atomic E-state index is 13.1. The molecule has 0 aliphatic carbocycles. The van der Waals surface area contributed by atoms with E-state index in [0.717, 1.165) is 6.54 Å². The number of ketones is 1. The Hall–Kier alpha value is -3.52. The molecular formula is C25H30N2O6. The van der Waals surface area contributed by atoms with Crippen molar-refractivity contribution in [2.24, 2.45) is 0 Å². The van der Waals surface area contributed by atoms with Crippen molar-refractivity contribution in [2.75, 3.05) is 48.5 Å². The van der Waals surface area contributed by atoms with Crippen LogP contribution in [0.1, 0.15) is 23.6 Å². The monoisotopic (exact) mass is 454 g/mol. The highest BCUT2D eigenvalue weighted by Crippen LogP contribution is 2.41. The smallest absolute Gasteiger partial charge is 0.295 e. The van der Waals surface area contributed by atoms with Gasteiger partial charge in [0.2, 0.25) is 0 Å². The van der Waals surface area contributed by atoms with Crippen molar-refractivity contribution in [2.45, 2.75) is 12.5 Å². The van der Waals surface area contributed by atoms with Crippen LogP contribution in [0, 0.1) is 0 Å². The molecule has 0 spiro atoms. The van der Waals surface area contributed by atoms with Gasteiger partial charge in [-0.25, -0.2) is 0 Å². The number of nitrogens with zero attached hydrogens (tertiary/aromatic N) is 2. The molecule has 0 bridgehead atoms. The van der Waals surface area contributed by atoms with Gasteiger partial charge in [0.25, 0.3) is 11.7 Å². The minimum absolute atomic E-state index is 0.0327. The number of aliphatic hydroxyl groups excluding tert-OH is 1. The number of amides is 1. The summed E-state index contributed by atoms with van der Waals surface area (Å²) in [6, 6.07) is 11.3. The third-order valence-electron chi connectivity index (χ3n) is 5.61. The molecule has 0 unspecified atom stereocenters. The van der Waals surface area contributed by atoms with E-state index in [4.69, 9.17) is 14.2 Å². The van der Waals surface area contributed by atoms with E-state index < -0.39 is 17.7 Å². The predicted molar refractivity (Wildman–Crippen MR) is 125 cm³/mol. The molecule has 176 valence electrons. The summed E-state index contributed by atoms with van der Waals surface area (Å²) in [5.74, 6) is -0.138. The van der Waals surface area contributed by atoms with E-state index in [0.29, 0.717) is 41.3 Å². The van der Waals surface area contributed by atoms with Crippen molar-refractivity contribution in [3.05, 3.63) is 59.2 Å². The van der Waals surface area contributed by atoms with Crippen LogP contribution in [0.4, 0.5) is 0 Å². The molecule has 0 aromatic heterocycles. The van der Waals surface area contributed by atoms with Gasteiger partial charge in [0.1, 0.15) is 11.5 Å². The maximum absolute atomic E-state index is 13.1. The fourth-order valence-electron chi connectivity index (χ4n) is 3.97. The van der Waals surface area contributed by atoms with Crippen LogP contribution in [0.5, 0.6) is 17.2 Å². The van der Waals surface area contributed by atoms with Gasteiger partial charge in [-0.3, -0.25) is 9.59 Å². The summed E-state index contributed by atoms with van der Waals surface area (Å²) >= 11 is 0. The van der Waals surface area contributed by atoms with Crippen molar-refractivity contribution in [1.29, 1.82) is 0 Å². The van der Waals surface area contributed by atoms with Crippen LogP contribution in [-0.4, -0.2) is 75.1 Å². The highest BCUT2D eigenvalue weighted by molar-refractivity contribution is 6.46. The highest BCUT2D eigenvalue weighted by Gasteiger charge is 2.46. The Morgan fingerprint density at radius 1 is 1.00 bits per heavy atom.